The summed E-state index contributed by atoms with van der Waals surface area (Å²) >= 11 is 0. The number of carbonyl (C=O) groups excluding carboxylic acids is 3. The molecule has 0 heterocycles. The van der Waals surface area contributed by atoms with Crippen LogP contribution in [0.2, 0.25) is 0 Å². The zero-order valence-electron chi connectivity index (χ0n) is 23.8. The van der Waals surface area contributed by atoms with Gasteiger partial charge in [-0.3, -0.25) is 9.59 Å². The number of hydrogen-bond donors (Lipinski definition) is 2. The van der Waals surface area contributed by atoms with Crippen LogP contribution in [0, 0.1) is 11.8 Å². The van der Waals surface area contributed by atoms with Crippen LogP contribution >= 0.6 is 0 Å². The van der Waals surface area contributed by atoms with E-state index in [2.05, 4.69) is 0 Å². The minimum absolute atomic E-state index is 0.0927. The van der Waals surface area contributed by atoms with E-state index in [1.54, 1.807) is 13.8 Å². The third-order valence-corrected chi connectivity index (χ3v) is 6.05. The molecular weight excluding hydrogens is 510 g/mol. The lowest BCUT2D eigenvalue weighted by atomic mass is 9.79. The predicted molar refractivity (Wildman–Crippen MR) is 143 cm³/mol. The molecule has 0 saturated carbocycles. The summed E-state index contributed by atoms with van der Waals surface area (Å²) in [5.41, 5.74) is 6.45. The van der Waals surface area contributed by atoms with Crippen LogP contribution in [0.3, 0.4) is 0 Å². The molecule has 0 spiro atoms. The first-order valence-electron chi connectivity index (χ1n) is 13.4. The van der Waals surface area contributed by atoms with Crippen LogP contribution in [0.25, 0.3) is 0 Å². The van der Waals surface area contributed by atoms with Crippen molar-refractivity contribution in [3.05, 3.63) is 23.8 Å². The average molecular weight is 554 g/mol. The van der Waals surface area contributed by atoms with Gasteiger partial charge >= 0.3 is 24.2 Å². The summed E-state index contributed by atoms with van der Waals surface area (Å²) in [6, 6.07) is 2.84. The molecule has 3 unspecified atom stereocenters. The molecule has 0 aliphatic rings. The number of nitrogens with two attached hydrogens (primary N) is 1. The van der Waals surface area contributed by atoms with Crippen molar-refractivity contribution in [2.75, 3.05) is 13.2 Å². The highest BCUT2D eigenvalue weighted by Crippen LogP contribution is 2.37. The molecule has 0 amide bonds. The molecule has 0 fully saturated rings. The summed E-state index contributed by atoms with van der Waals surface area (Å²) in [6.45, 7) is 11.3. The lowest BCUT2D eigenvalue weighted by Crippen LogP contribution is -2.42. The highest BCUT2D eigenvalue weighted by Gasteiger charge is 2.36. The second-order valence-electron chi connectivity index (χ2n) is 9.86. The highest BCUT2D eigenvalue weighted by molar-refractivity contribution is 5.75. The fraction of sp³-hybridized carbons (Fsp3) is 0.643. The smallest absolute Gasteiger partial charge is 0.480 e. The van der Waals surface area contributed by atoms with Crippen molar-refractivity contribution < 1.29 is 48.0 Å². The molecule has 11 heteroatoms. The summed E-state index contributed by atoms with van der Waals surface area (Å²) in [5, 5.41) is 9.73. The number of ether oxygens (including phenoxy) is 5. The molecule has 3 N–H and O–H groups in total. The van der Waals surface area contributed by atoms with E-state index >= 15 is 0 Å². The largest absolute Gasteiger partial charge is 0.513 e. The van der Waals surface area contributed by atoms with Crippen LogP contribution in [-0.4, -0.2) is 54.7 Å². The number of unbranched alkanes of at least 4 members (excludes halogenated alkanes) is 2. The van der Waals surface area contributed by atoms with Crippen molar-refractivity contribution >= 4 is 24.2 Å². The maximum absolute atomic E-state index is 12.3. The van der Waals surface area contributed by atoms with E-state index in [9.17, 15) is 24.3 Å². The third kappa shape index (κ3) is 11.9. The summed E-state index contributed by atoms with van der Waals surface area (Å²) < 4.78 is 26.2. The number of benzene rings is 1. The second-order valence-corrected chi connectivity index (χ2v) is 9.86. The molecule has 0 aromatic heterocycles. The van der Waals surface area contributed by atoms with Crippen LogP contribution in [0.15, 0.2) is 18.2 Å². The van der Waals surface area contributed by atoms with Crippen LogP contribution in [-0.2, 0) is 23.8 Å². The van der Waals surface area contributed by atoms with Gasteiger partial charge in [0, 0.05) is 18.3 Å². The molecule has 1 aromatic carbocycles. The Balaban J connectivity index is 3.36. The van der Waals surface area contributed by atoms with Gasteiger partial charge in [0.05, 0.1) is 13.2 Å². The van der Waals surface area contributed by atoms with Crippen molar-refractivity contribution in [2.45, 2.75) is 91.7 Å². The van der Waals surface area contributed by atoms with E-state index in [0.29, 0.717) is 18.4 Å². The molecule has 220 valence electrons. The summed E-state index contributed by atoms with van der Waals surface area (Å²) in [6.07, 6.45) is 0.412. The van der Waals surface area contributed by atoms with Crippen molar-refractivity contribution in [1.29, 1.82) is 0 Å². The lowest BCUT2D eigenvalue weighted by molar-refractivity contribution is -0.152. The number of aliphatic carboxylic acids is 1. The number of carbonyl (C=O) groups is 4. The van der Waals surface area contributed by atoms with Crippen LogP contribution in [0.5, 0.6) is 11.5 Å². The summed E-state index contributed by atoms with van der Waals surface area (Å²) in [7, 11) is 0. The molecule has 0 aliphatic carbocycles. The standard InChI is InChI=1S/C28H43NO10/c1-7-9-13-35-27(33)38-21-12-11-20(16-22(21)39-28(34)36-14-10-8-2)24(25(29)26(31)32)18(5)19(6)37-23(30)15-17(3)4/h11-12,16-19,24-25H,7-10,13-15,29H2,1-6H3,(H,31,32)/t18?,19?,24?,25-/m0/s1. The quantitative estimate of drug-likeness (QED) is 0.116. The van der Waals surface area contributed by atoms with Crippen molar-refractivity contribution in [3.63, 3.8) is 0 Å². The van der Waals surface area contributed by atoms with Gasteiger partial charge in [-0.15, -0.1) is 0 Å². The number of esters is 1. The average Bonchev–Trinajstić information content (AvgIpc) is 2.85. The zero-order valence-corrected chi connectivity index (χ0v) is 23.8. The van der Waals surface area contributed by atoms with E-state index in [0.717, 1.165) is 12.8 Å². The number of hydrogen-bond acceptors (Lipinski definition) is 10. The molecule has 4 atom stereocenters. The van der Waals surface area contributed by atoms with Gasteiger partial charge in [0.25, 0.3) is 0 Å². The van der Waals surface area contributed by atoms with E-state index in [1.165, 1.54) is 18.2 Å². The van der Waals surface area contributed by atoms with Crippen molar-refractivity contribution in [2.24, 2.45) is 17.6 Å². The Labute approximate surface area is 230 Å². The normalized spacial score (nSPS) is 14.1. The Bertz CT molecular complexity index is 948. The molecule has 1 rings (SSSR count). The maximum atomic E-state index is 12.3. The fourth-order valence-electron chi connectivity index (χ4n) is 3.71. The Morgan fingerprint density at radius 1 is 0.872 bits per heavy atom. The Morgan fingerprint density at radius 3 is 1.90 bits per heavy atom. The fourth-order valence-corrected chi connectivity index (χ4v) is 3.71. The number of carboxylic acids is 1. The summed E-state index contributed by atoms with van der Waals surface area (Å²) in [5.74, 6) is -3.31. The van der Waals surface area contributed by atoms with Crippen LogP contribution < -0.4 is 15.2 Å². The Kier molecular flexibility index (Phi) is 14.9. The topological polar surface area (TPSA) is 161 Å². The number of carboxylic acid groups (broad SMARTS) is 1. The van der Waals surface area contributed by atoms with E-state index < -0.39 is 48.2 Å². The number of rotatable bonds is 16. The SMILES string of the molecule is CCCCOC(=O)Oc1ccc(C(C(C)C(C)OC(=O)CC(C)C)[C@H](N)C(=O)O)cc1OC(=O)OCCCC. The molecule has 0 radical (unpaired) electrons. The maximum Gasteiger partial charge on any atom is 0.513 e. The van der Waals surface area contributed by atoms with Gasteiger partial charge in [-0.1, -0.05) is 53.5 Å². The molecule has 39 heavy (non-hydrogen) atoms. The van der Waals surface area contributed by atoms with Gasteiger partial charge in [0.1, 0.15) is 12.1 Å². The Morgan fingerprint density at radius 2 is 1.41 bits per heavy atom. The van der Waals surface area contributed by atoms with Crippen molar-refractivity contribution in [3.8, 4) is 11.5 Å². The van der Waals surface area contributed by atoms with Gasteiger partial charge in [0.2, 0.25) is 0 Å². The summed E-state index contributed by atoms with van der Waals surface area (Å²) in [4.78, 5) is 48.7. The van der Waals surface area contributed by atoms with Crippen LogP contribution in [0.1, 0.15) is 85.1 Å². The van der Waals surface area contributed by atoms with Gasteiger partial charge in [0.15, 0.2) is 11.5 Å². The van der Waals surface area contributed by atoms with E-state index in [4.69, 9.17) is 29.4 Å². The molecular formula is C28H43NO10. The van der Waals surface area contributed by atoms with Crippen molar-refractivity contribution in [1.82, 2.24) is 0 Å². The highest BCUT2D eigenvalue weighted by atomic mass is 16.7. The lowest BCUT2D eigenvalue weighted by Gasteiger charge is -2.32. The first-order chi connectivity index (χ1) is 18.4. The third-order valence-electron chi connectivity index (χ3n) is 6.05. The van der Waals surface area contributed by atoms with Crippen LogP contribution in [0.4, 0.5) is 9.59 Å². The molecule has 11 nitrogen and oxygen atoms in total. The van der Waals surface area contributed by atoms with Gasteiger partial charge in [-0.25, -0.2) is 9.59 Å². The zero-order chi connectivity index (χ0) is 29.5. The van der Waals surface area contributed by atoms with E-state index in [1.807, 2.05) is 27.7 Å². The first-order valence-corrected chi connectivity index (χ1v) is 13.4. The Hall–Kier alpha value is -3.34. The molecule has 0 aliphatic heterocycles. The van der Waals surface area contributed by atoms with Gasteiger partial charge in [-0.2, -0.15) is 0 Å². The minimum Gasteiger partial charge on any atom is -0.480 e. The van der Waals surface area contributed by atoms with E-state index in [-0.39, 0.29) is 37.1 Å². The predicted octanol–water partition coefficient (Wildman–Crippen LogP) is 5.43. The monoisotopic (exact) mass is 553 g/mol. The molecule has 0 saturated heterocycles. The molecule has 1 aromatic rings. The van der Waals surface area contributed by atoms with Gasteiger partial charge in [-0.05, 0) is 43.4 Å². The first kappa shape index (κ1) is 33.7. The van der Waals surface area contributed by atoms with Gasteiger partial charge < -0.3 is 34.5 Å². The molecule has 0 bridgehead atoms. The second kappa shape index (κ2) is 17.3. The minimum atomic E-state index is -1.39.